The number of hydrogen-bond acceptors (Lipinski definition) is 4. The van der Waals surface area contributed by atoms with Crippen LogP contribution in [0.15, 0.2) is 109 Å². The largest absolute Gasteiger partial charge is 0.368 e. The lowest BCUT2D eigenvalue weighted by Gasteiger charge is -2.01. The Kier molecular flexibility index (Phi) is 6.43. The molecule has 0 saturated heterocycles. The zero-order chi connectivity index (χ0) is 24.7. The van der Waals surface area contributed by atoms with Gasteiger partial charge in [-0.2, -0.15) is 0 Å². The third-order valence-electron chi connectivity index (χ3n) is 5.59. The van der Waals surface area contributed by atoms with Crippen LogP contribution in [0, 0.1) is 24.1 Å². The van der Waals surface area contributed by atoms with Gasteiger partial charge in [-0.25, -0.2) is 9.59 Å². The van der Waals surface area contributed by atoms with Gasteiger partial charge in [-0.3, -0.25) is 0 Å². The van der Waals surface area contributed by atoms with E-state index in [4.69, 9.17) is 9.47 Å². The van der Waals surface area contributed by atoms with Crippen LogP contribution in [-0.2, 0) is 9.47 Å². The van der Waals surface area contributed by atoms with Crippen molar-refractivity contribution in [3.05, 3.63) is 131 Å². The highest BCUT2D eigenvalue weighted by Gasteiger charge is 2.10. The third kappa shape index (κ3) is 4.94. The van der Waals surface area contributed by atoms with E-state index in [1.54, 1.807) is 0 Å². The van der Waals surface area contributed by atoms with Crippen LogP contribution in [0.5, 0.6) is 0 Å². The van der Waals surface area contributed by atoms with E-state index in [1.165, 1.54) is 24.3 Å². The molecule has 4 nitrogen and oxygen atoms in total. The average Bonchev–Trinajstić information content (AvgIpc) is 2.93. The maximum atomic E-state index is 12.4. The molecule has 0 radical (unpaired) electrons. The van der Waals surface area contributed by atoms with E-state index in [9.17, 15) is 9.59 Å². The van der Waals surface area contributed by atoms with Crippen LogP contribution in [0.1, 0.15) is 31.8 Å². The summed E-state index contributed by atoms with van der Waals surface area (Å²) in [6.45, 7) is 0. The Morgan fingerprint density at radius 1 is 0.472 bits per heavy atom. The molecule has 5 aromatic carbocycles. The van der Waals surface area contributed by atoms with Crippen LogP contribution < -0.4 is 0 Å². The Morgan fingerprint density at radius 3 is 1.31 bits per heavy atom. The summed E-state index contributed by atoms with van der Waals surface area (Å²) in [6.07, 6.45) is 4.95. The predicted octanol–water partition coefficient (Wildman–Crippen LogP) is 6.33. The number of benzene rings is 5. The van der Waals surface area contributed by atoms with Crippen LogP contribution in [0.4, 0.5) is 0 Å². The fraction of sp³-hybridized carbons (Fsp3) is 0. The number of esters is 2. The highest BCUT2D eigenvalue weighted by atomic mass is 16.5. The first-order valence-electron chi connectivity index (χ1n) is 11.2. The first-order valence-corrected chi connectivity index (χ1v) is 11.2. The molecule has 0 saturated carbocycles. The van der Waals surface area contributed by atoms with Crippen molar-refractivity contribution >= 4 is 33.5 Å². The van der Waals surface area contributed by atoms with Gasteiger partial charge in [-0.1, -0.05) is 72.8 Å². The summed E-state index contributed by atoms with van der Waals surface area (Å²) in [4.78, 5) is 24.7. The highest BCUT2D eigenvalue weighted by Crippen LogP contribution is 2.18. The topological polar surface area (TPSA) is 52.6 Å². The van der Waals surface area contributed by atoms with Crippen molar-refractivity contribution < 1.29 is 19.1 Å². The second kappa shape index (κ2) is 10.3. The molecule has 0 aliphatic rings. The summed E-state index contributed by atoms with van der Waals surface area (Å²) in [7, 11) is 0. The van der Waals surface area contributed by atoms with Gasteiger partial charge in [0.1, 0.15) is 12.2 Å². The summed E-state index contributed by atoms with van der Waals surface area (Å²) in [5.41, 5.74) is 2.06. The van der Waals surface area contributed by atoms with Gasteiger partial charge in [0.25, 0.3) is 0 Å². The van der Waals surface area contributed by atoms with Gasteiger partial charge < -0.3 is 9.47 Å². The van der Waals surface area contributed by atoms with Crippen molar-refractivity contribution in [1.29, 1.82) is 0 Å². The summed E-state index contributed by atoms with van der Waals surface area (Å²) < 4.78 is 10.2. The predicted molar refractivity (Wildman–Crippen MR) is 139 cm³/mol. The van der Waals surface area contributed by atoms with Crippen LogP contribution in [0.25, 0.3) is 21.5 Å². The van der Waals surface area contributed by atoms with Gasteiger partial charge in [-0.15, -0.1) is 0 Å². The maximum Gasteiger partial charge on any atom is 0.352 e. The smallest absolute Gasteiger partial charge is 0.352 e. The van der Waals surface area contributed by atoms with E-state index >= 15 is 0 Å². The lowest BCUT2D eigenvalue weighted by Crippen LogP contribution is -2.04. The number of hydrogen-bond donors (Lipinski definition) is 0. The first kappa shape index (κ1) is 22.5. The molecular weight excluding hydrogens is 448 g/mol. The van der Waals surface area contributed by atoms with Crippen molar-refractivity contribution in [2.75, 3.05) is 0 Å². The lowest BCUT2D eigenvalue weighted by molar-refractivity contribution is 0.0676. The van der Waals surface area contributed by atoms with Crippen molar-refractivity contribution in [2.45, 2.75) is 0 Å². The molecule has 0 aromatic heterocycles. The van der Waals surface area contributed by atoms with Gasteiger partial charge in [-0.05, 0) is 69.8 Å². The molecule has 0 atom stereocenters. The SMILES string of the molecule is O=C(OC#Cc1cccc2ccccc12)c1ccc(C(=O)OC#Cc2cccc3ccccc23)cc1. The number of rotatable bonds is 2. The average molecular weight is 466 g/mol. The fourth-order valence-electron chi connectivity index (χ4n) is 3.78. The number of ether oxygens (including phenoxy) is 2. The van der Waals surface area contributed by atoms with Crippen LogP contribution in [-0.4, -0.2) is 11.9 Å². The van der Waals surface area contributed by atoms with E-state index in [0.717, 1.165) is 32.7 Å². The Bertz CT molecular complexity index is 1580. The van der Waals surface area contributed by atoms with E-state index < -0.39 is 11.9 Å². The Balaban J connectivity index is 1.22. The van der Waals surface area contributed by atoms with Gasteiger partial charge >= 0.3 is 11.9 Å². The number of carbonyl (C=O) groups is 2. The lowest BCUT2D eigenvalue weighted by atomic mass is 10.1. The Labute approximate surface area is 208 Å². The van der Waals surface area contributed by atoms with E-state index in [-0.39, 0.29) is 11.1 Å². The normalized spacial score (nSPS) is 10.0. The molecule has 0 spiro atoms. The maximum absolute atomic E-state index is 12.4. The van der Waals surface area contributed by atoms with Crippen LogP contribution >= 0.6 is 0 Å². The molecular formula is C32H18O4. The monoisotopic (exact) mass is 466 g/mol. The second-order valence-corrected chi connectivity index (χ2v) is 7.86. The molecule has 0 fully saturated rings. The summed E-state index contributed by atoms with van der Waals surface area (Å²) in [5, 5.41) is 4.07. The minimum atomic E-state index is -0.613. The molecule has 0 unspecified atom stereocenters. The quantitative estimate of drug-likeness (QED) is 0.226. The third-order valence-corrected chi connectivity index (χ3v) is 5.59. The molecule has 5 rings (SSSR count). The molecule has 0 amide bonds. The minimum absolute atomic E-state index is 0.264. The van der Waals surface area contributed by atoms with E-state index in [2.05, 4.69) is 24.1 Å². The van der Waals surface area contributed by atoms with Gasteiger partial charge in [0.15, 0.2) is 0 Å². The van der Waals surface area contributed by atoms with Crippen LogP contribution in [0.3, 0.4) is 0 Å². The highest BCUT2D eigenvalue weighted by molar-refractivity contribution is 5.94. The Morgan fingerprint density at radius 2 is 0.861 bits per heavy atom. The van der Waals surface area contributed by atoms with Gasteiger partial charge in [0, 0.05) is 11.1 Å². The summed E-state index contributed by atoms with van der Waals surface area (Å²) in [5.74, 6) is 4.54. The van der Waals surface area contributed by atoms with Crippen molar-refractivity contribution in [3.63, 3.8) is 0 Å². The standard InChI is InChI=1S/C32H18O4/c33-31(35-21-19-25-11-5-9-23-7-1-3-13-29(23)25)27-15-17-28(18-16-27)32(34)36-22-20-26-12-6-10-24-8-2-4-14-30(24)26/h1-18H. The van der Waals surface area contributed by atoms with Gasteiger partial charge in [0.2, 0.25) is 0 Å². The zero-order valence-corrected chi connectivity index (χ0v) is 19.0. The molecule has 4 heteroatoms. The molecule has 0 heterocycles. The molecule has 0 aliphatic carbocycles. The first-order chi connectivity index (χ1) is 17.7. The van der Waals surface area contributed by atoms with Crippen molar-refractivity contribution in [2.24, 2.45) is 0 Å². The summed E-state index contributed by atoms with van der Waals surface area (Å²) in [6, 6.07) is 33.1. The molecule has 0 aliphatic heterocycles. The fourth-order valence-corrected chi connectivity index (χ4v) is 3.78. The summed E-state index contributed by atoms with van der Waals surface area (Å²) >= 11 is 0. The Hall–Kier alpha value is -5.32. The molecule has 36 heavy (non-hydrogen) atoms. The van der Waals surface area contributed by atoms with Crippen molar-refractivity contribution in [3.8, 4) is 24.1 Å². The molecule has 0 bridgehead atoms. The minimum Gasteiger partial charge on any atom is -0.368 e. The molecule has 0 N–H and O–H groups in total. The van der Waals surface area contributed by atoms with E-state index in [1.807, 2.05) is 84.9 Å². The van der Waals surface area contributed by atoms with Crippen LogP contribution in [0.2, 0.25) is 0 Å². The zero-order valence-electron chi connectivity index (χ0n) is 19.0. The van der Waals surface area contributed by atoms with Crippen molar-refractivity contribution in [1.82, 2.24) is 0 Å². The second-order valence-electron chi connectivity index (χ2n) is 7.86. The van der Waals surface area contributed by atoms with Gasteiger partial charge in [0.05, 0.1) is 11.1 Å². The number of carbonyl (C=O) groups excluding carboxylic acids is 2. The van der Waals surface area contributed by atoms with E-state index in [0.29, 0.717) is 0 Å². The molecule has 5 aromatic rings. The number of fused-ring (bicyclic) bond motifs is 2. The molecule has 170 valence electrons.